The van der Waals surface area contributed by atoms with Gasteiger partial charge in [-0.05, 0) is 39.3 Å². The smallest absolute Gasteiger partial charge is 0.190 e. The first-order chi connectivity index (χ1) is 11.8. The Balaban J connectivity index is 2.56. The maximum atomic E-state index is 13.0. The van der Waals surface area contributed by atoms with Crippen molar-refractivity contribution in [3.63, 3.8) is 0 Å². The lowest BCUT2D eigenvalue weighted by Gasteiger charge is -2.15. The Bertz CT molecular complexity index is 811. The first-order valence-corrected chi connectivity index (χ1v) is 8.20. The van der Waals surface area contributed by atoms with Crippen LogP contribution in [-0.4, -0.2) is 17.3 Å². The second-order valence-corrected chi connectivity index (χ2v) is 6.36. The van der Waals surface area contributed by atoms with Crippen molar-refractivity contribution in [1.29, 1.82) is 0 Å². The van der Waals surface area contributed by atoms with Gasteiger partial charge in [0.15, 0.2) is 5.78 Å². The molecule has 0 saturated heterocycles. The molecule has 0 spiro atoms. The van der Waals surface area contributed by atoms with Gasteiger partial charge in [-0.15, -0.1) is 0 Å². The number of Topliss-reactive ketones (excluding diaryl/α,β-unsaturated/α-hetero) is 3. The molecule has 0 unspecified atom stereocenters. The van der Waals surface area contributed by atoms with Crippen LogP contribution in [0.25, 0.3) is 6.08 Å². The number of benzene rings is 2. The molecule has 2 rings (SSSR count). The molecule has 2 aromatic rings. The third-order valence-corrected chi connectivity index (χ3v) is 4.10. The summed E-state index contributed by atoms with van der Waals surface area (Å²) in [6.07, 6.45) is 1.65. The maximum absolute atomic E-state index is 13.0. The summed E-state index contributed by atoms with van der Waals surface area (Å²) in [5.41, 5.74) is 3.60. The van der Waals surface area contributed by atoms with Gasteiger partial charge in [-0.3, -0.25) is 14.4 Å². The Kier molecular flexibility index (Phi) is 5.81. The van der Waals surface area contributed by atoms with Gasteiger partial charge in [0.2, 0.25) is 0 Å². The second-order valence-electron chi connectivity index (χ2n) is 6.36. The Morgan fingerprint density at radius 1 is 0.760 bits per heavy atom. The van der Waals surface area contributed by atoms with E-state index in [1.807, 2.05) is 50.2 Å². The highest BCUT2D eigenvalue weighted by Crippen LogP contribution is 2.23. The van der Waals surface area contributed by atoms with Crippen LogP contribution in [0.5, 0.6) is 0 Å². The van der Waals surface area contributed by atoms with Crippen molar-refractivity contribution >= 4 is 23.4 Å². The van der Waals surface area contributed by atoms with Crippen LogP contribution in [0.15, 0.2) is 54.1 Å². The summed E-state index contributed by atoms with van der Waals surface area (Å²) >= 11 is 0. The molecule has 0 bridgehead atoms. The average molecular weight is 334 g/mol. The quantitative estimate of drug-likeness (QED) is 0.448. The third-order valence-electron chi connectivity index (χ3n) is 4.10. The standard InChI is InChI=1S/C22H22O3/c1-14-5-9-18(10-6-14)13-20(21(16(3)23)17(4)24)22(25)19-11-7-15(2)8-12-19/h5-13,21H,1-4H3/b20-13+. The molecule has 0 aromatic heterocycles. The lowest BCUT2D eigenvalue weighted by Crippen LogP contribution is -2.26. The topological polar surface area (TPSA) is 51.2 Å². The fraction of sp³-hybridized carbons (Fsp3) is 0.227. The van der Waals surface area contributed by atoms with Crippen LogP contribution in [0.3, 0.4) is 0 Å². The number of rotatable bonds is 6. The van der Waals surface area contributed by atoms with E-state index in [2.05, 4.69) is 0 Å². The molecule has 0 aliphatic heterocycles. The van der Waals surface area contributed by atoms with Crippen molar-refractivity contribution in [3.8, 4) is 0 Å². The lowest BCUT2D eigenvalue weighted by molar-refractivity contribution is -0.128. The van der Waals surface area contributed by atoms with Gasteiger partial charge < -0.3 is 0 Å². The molecule has 2 aromatic carbocycles. The molecule has 0 aliphatic carbocycles. The van der Waals surface area contributed by atoms with Gasteiger partial charge in [-0.25, -0.2) is 0 Å². The van der Waals surface area contributed by atoms with Crippen molar-refractivity contribution in [2.75, 3.05) is 0 Å². The molecular formula is C22H22O3. The van der Waals surface area contributed by atoms with Crippen LogP contribution in [0.1, 0.15) is 40.9 Å². The molecular weight excluding hydrogens is 312 g/mol. The molecule has 0 atom stereocenters. The summed E-state index contributed by atoms with van der Waals surface area (Å²) in [5, 5.41) is 0. The minimum Gasteiger partial charge on any atom is -0.299 e. The number of hydrogen-bond donors (Lipinski definition) is 0. The van der Waals surface area contributed by atoms with Gasteiger partial charge in [0.05, 0.1) is 0 Å². The zero-order valence-electron chi connectivity index (χ0n) is 15.0. The Morgan fingerprint density at radius 3 is 1.64 bits per heavy atom. The number of allylic oxidation sites excluding steroid dienone is 1. The summed E-state index contributed by atoms with van der Waals surface area (Å²) in [6, 6.07) is 14.7. The molecule has 3 nitrogen and oxygen atoms in total. The number of aryl methyl sites for hydroxylation is 2. The minimum atomic E-state index is -1.05. The maximum Gasteiger partial charge on any atom is 0.190 e. The fourth-order valence-corrected chi connectivity index (χ4v) is 2.72. The molecule has 0 fully saturated rings. The predicted octanol–water partition coefficient (Wildman–Crippen LogP) is 4.36. The molecule has 0 N–H and O–H groups in total. The fourth-order valence-electron chi connectivity index (χ4n) is 2.72. The van der Waals surface area contributed by atoms with E-state index in [9.17, 15) is 14.4 Å². The van der Waals surface area contributed by atoms with Crippen molar-refractivity contribution in [2.24, 2.45) is 5.92 Å². The van der Waals surface area contributed by atoms with Gasteiger partial charge >= 0.3 is 0 Å². The summed E-state index contributed by atoms with van der Waals surface area (Å²) in [4.78, 5) is 37.1. The molecule has 3 heteroatoms. The first kappa shape index (κ1) is 18.5. The van der Waals surface area contributed by atoms with Crippen LogP contribution >= 0.6 is 0 Å². The average Bonchev–Trinajstić information content (AvgIpc) is 2.55. The number of carbonyl (C=O) groups is 3. The van der Waals surface area contributed by atoms with Crippen molar-refractivity contribution in [3.05, 3.63) is 76.4 Å². The Morgan fingerprint density at radius 2 is 1.20 bits per heavy atom. The number of carbonyl (C=O) groups excluding carboxylic acids is 3. The molecule has 0 amide bonds. The largest absolute Gasteiger partial charge is 0.299 e. The monoisotopic (exact) mass is 334 g/mol. The van der Waals surface area contributed by atoms with Crippen LogP contribution in [-0.2, 0) is 9.59 Å². The van der Waals surface area contributed by atoms with E-state index in [1.54, 1.807) is 18.2 Å². The van der Waals surface area contributed by atoms with E-state index in [0.29, 0.717) is 5.56 Å². The van der Waals surface area contributed by atoms with Gasteiger partial charge in [0.25, 0.3) is 0 Å². The molecule has 128 valence electrons. The van der Waals surface area contributed by atoms with Gasteiger partial charge in [-0.2, -0.15) is 0 Å². The summed E-state index contributed by atoms with van der Waals surface area (Å²) in [6.45, 7) is 6.60. The second kappa shape index (κ2) is 7.84. The van der Waals surface area contributed by atoms with Crippen molar-refractivity contribution in [2.45, 2.75) is 27.7 Å². The van der Waals surface area contributed by atoms with Crippen LogP contribution < -0.4 is 0 Å². The molecule has 0 aliphatic rings. The van der Waals surface area contributed by atoms with E-state index in [0.717, 1.165) is 16.7 Å². The van der Waals surface area contributed by atoms with E-state index >= 15 is 0 Å². The highest BCUT2D eigenvalue weighted by Gasteiger charge is 2.29. The molecule has 25 heavy (non-hydrogen) atoms. The normalized spacial score (nSPS) is 11.5. The first-order valence-electron chi connectivity index (χ1n) is 8.20. The lowest BCUT2D eigenvalue weighted by atomic mass is 9.85. The van der Waals surface area contributed by atoms with Gasteiger partial charge in [0, 0.05) is 11.1 Å². The highest BCUT2D eigenvalue weighted by atomic mass is 16.2. The highest BCUT2D eigenvalue weighted by molar-refractivity contribution is 6.20. The van der Waals surface area contributed by atoms with Crippen LogP contribution in [0.4, 0.5) is 0 Å². The molecule has 0 heterocycles. The number of ketones is 3. The zero-order chi connectivity index (χ0) is 18.6. The Labute approximate surface area is 148 Å². The van der Waals surface area contributed by atoms with Gasteiger partial charge in [0.1, 0.15) is 17.5 Å². The SMILES string of the molecule is CC(=O)C(C(C)=O)/C(=C\c1ccc(C)cc1)C(=O)c1ccc(C)cc1. The van der Waals surface area contributed by atoms with Gasteiger partial charge in [-0.1, -0.05) is 59.7 Å². The van der Waals surface area contributed by atoms with Crippen LogP contribution in [0, 0.1) is 19.8 Å². The van der Waals surface area contributed by atoms with Crippen LogP contribution in [0.2, 0.25) is 0 Å². The van der Waals surface area contributed by atoms with E-state index in [1.165, 1.54) is 13.8 Å². The van der Waals surface area contributed by atoms with Crippen molar-refractivity contribution in [1.82, 2.24) is 0 Å². The summed E-state index contributed by atoms with van der Waals surface area (Å²) < 4.78 is 0. The molecule has 0 saturated carbocycles. The Hall–Kier alpha value is -2.81. The van der Waals surface area contributed by atoms with Crippen molar-refractivity contribution < 1.29 is 14.4 Å². The van der Waals surface area contributed by atoms with E-state index < -0.39 is 5.92 Å². The minimum absolute atomic E-state index is 0.215. The summed E-state index contributed by atoms with van der Waals surface area (Å²) in [7, 11) is 0. The molecule has 0 radical (unpaired) electrons. The van der Waals surface area contributed by atoms with E-state index in [4.69, 9.17) is 0 Å². The summed E-state index contributed by atoms with van der Waals surface area (Å²) in [5.74, 6) is -2.00. The zero-order valence-corrected chi connectivity index (χ0v) is 15.0. The number of hydrogen-bond acceptors (Lipinski definition) is 3. The van der Waals surface area contributed by atoms with E-state index in [-0.39, 0.29) is 22.9 Å². The third kappa shape index (κ3) is 4.60. The predicted molar refractivity (Wildman–Crippen MR) is 99.5 cm³/mol.